The highest BCUT2D eigenvalue weighted by molar-refractivity contribution is 7.12. The first-order chi connectivity index (χ1) is 10.2. The molecular weight excluding hydrogens is 314 g/mol. The first-order valence-corrected chi connectivity index (χ1v) is 7.86. The summed E-state index contributed by atoms with van der Waals surface area (Å²) in [4.78, 5) is 22.4. The fourth-order valence-electron chi connectivity index (χ4n) is 2.09. The molecule has 1 atom stereocenters. The van der Waals surface area contributed by atoms with Gasteiger partial charge in [-0.15, -0.1) is 11.3 Å². The van der Waals surface area contributed by atoms with Crippen LogP contribution in [0.1, 0.15) is 34.5 Å². The molecule has 1 aliphatic heterocycles. The lowest BCUT2D eigenvalue weighted by Gasteiger charge is -2.31. The Bertz CT molecular complexity index is 643. The van der Waals surface area contributed by atoms with Crippen molar-refractivity contribution >= 4 is 28.8 Å². The number of H-pyrrole nitrogens is 1. The predicted molar refractivity (Wildman–Crippen MR) is 77.5 cm³/mol. The van der Waals surface area contributed by atoms with E-state index in [9.17, 15) is 4.79 Å². The number of nitrogens with zero attached hydrogens (tertiary/aromatic N) is 4. The van der Waals surface area contributed by atoms with E-state index in [-0.39, 0.29) is 12.0 Å². The predicted octanol–water partition coefficient (Wildman–Crippen LogP) is 1.69. The summed E-state index contributed by atoms with van der Waals surface area (Å²) in [6.45, 7) is 3.38. The minimum atomic E-state index is -0.310. The van der Waals surface area contributed by atoms with Crippen molar-refractivity contribution in [1.29, 1.82) is 0 Å². The van der Waals surface area contributed by atoms with E-state index in [1.807, 2.05) is 6.92 Å². The molecule has 1 N–H and O–H groups in total. The Balaban J connectivity index is 1.72. The number of carbonyl (C=O) groups excluding carboxylic acids is 1. The number of hydrogen-bond donors (Lipinski definition) is 1. The van der Waals surface area contributed by atoms with E-state index < -0.39 is 0 Å². The number of thiazole rings is 1. The first kappa shape index (κ1) is 14.4. The fourth-order valence-corrected chi connectivity index (χ4v) is 3.00. The van der Waals surface area contributed by atoms with Gasteiger partial charge in [-0.25, -0.2) is 9.97 Å². The lowest BCUT2D eigenvalue weighted by Crippen LogP contribution is -2.42. The number of amides is 1. The number of ether oxygens (including phenoxy) is 1. The Labute approximate surface area is 130 Å². The smallest absolute Gasteiger partial charge is 0.283 e. The zero-order valence-corrected chi connectivity index (χ0v) is 12.9. The van der Waals surface area contributed by atoms with Crippen LogP contribution in [0.15, 0.2) is 5.38 Å². The number of hydrogen-bond acceptors (Lipinski definition) is 6. The van der Waals surface area contributed by atoms with Crippen molar-refractivity contribution in [3.05, 3.63) is 27.2 Å². The highest BCUT2D eigenvalue weighted by atomic mass is 35.5. The molecule has 1 aliphatic rings. The minimum absolute atomic E-state index is 0.133. The third-order valence-corrected chi connectivity index (χ3v) is 4.34. The Morgan fingerprint density at radius 2 is 2.48 bits per heavy atom. The molecule has 7 nitrogen and oxygen atoms in total. The SMILES string of the molecule is CCc1nc(C2CN(C(=O)c3nc(Cl)cs3)CCO2)n[nH]1. The molecule has 0 saturated carbocycles. The summed E-state index contributed by atoms with van der Waals surface area (Å²) in [5, 5.41) is 9.39. The van der Waals surface area contributed by atoms with Gasteiger partial charge in [-0.1, -0.05) is 18.5 Å². The first-order valence-electron chi connectivity index (χ1n) is 6.60. The molecule has 1 amide bonds. The van der Waals surface area contributed by atoms with Gasteiger partial charge in [-0.3, -0.25) is 9.89 Å². The molecule has 0 aliphatic carbocycles. The number of aryl methyl sites for hydroxylation is 1. The van der Waals surface area contributed by atoms with Gasteiger partial charge in [0.1, 0.15) is 17.1 Å². The van der Waals surface area contributed by atoms with Crippen LogP contribution < -0.4 is 0 Å². The molecule has 0 radical (unpaired) electrons. The summed E-state index contributed by atoms with van der Waals surface area (Å²) in [5.74, 6) is 1.26. The standard InChI is InChI=1S/C12H14ClN5O2S/c1-2-9-15-10(17-16-9)7-5-18(3-4-20-7)12(19)11-14-8(13)6-21-11/h6-7H,2-5H2,1H3,(H,15,16,17). The second-order valence-electron chi connectivity index (χ2n) is 4.58. The summed E-state index contributed by atoms with van der Waals surface area (Å²) in [5.41, 5.74) is 0. The number of aromatic amines is 1. The average Bonchev–Trinajstić information content (AvgIpc) is 3.15. The van der Waals surface area contributed by atoms with Gasteiger partial charge < -0.3 is 9.64 Å². The quantitative estimate of drug-likeness (QED) is 0.927. The largest absolute Gasteiger partial charge is 0.366 e. The Hall–Kier alpha value is -1.51. The zero-order chi connectivity index (χ0) is 14.8. The molecule has 3 heterocycles. The average molecular weight is 328 g/mol. The van der Waals surface area contributed by atoms with Crippen LogP contribution in [-0.2, 0) is 11.2 Å². The lowest BCUT2D eigenvalue weighted by atomic mass is 10.2. The molecule has 112 valence electrons. The van der Waals surface area contributed by atoms with Crippen LogP contribution in [0.4, 0.5) is 0 Å². The molecule has 1 fully saturated rings. The van der Waals surface area contributed by atoms with E-state index in [2.05, 4.69) is 20.2 Å². The summed E-state index contributed by atoms with van der Waals surface area (Å²) in [6.07, 6.45) is 0.467. The normalized spacial score (nSPS) is 19.0. The number of nitrogens with one attached hydrogen (secondary N) is 1. The lowest BCUT2D eigenvalue weighted by molar-refractivity contribution is -0.0266. The van der Waals surface area contributed by atoms with Crippen LogP contribution in [-0.4, -0.2) is 50.7 Å². The van der Waals surface area contributed by atoms with Crippen molar-refractivity contribution in [3.8, 4) is 0 Å². The Morgan fingerprint density at radius 1 is 1.62 bits per heavy atom. The summed E-state index contributed by atoms with van der Waals surface area (Å²) >= 11 is 7.01. The van der Waals surface area contributed by atoms with Gasteiger partial charge in [0, 0.05) is 18.3 Å². The maximum Gasteiger partial charge on any atom is 0.283 e. The number of aromatic nitrogens is 4. The van der Waals surface area contributed by atoms with Crippen molar-refractivity contribution in [2.24, 2.45) is 0 Å². The molecule has 1 unspecified atom stereocenters. The minimum Gasteiger partial charge on any atom is -0.366 e. The zero-order valence-electron chi connectivity index (χ0n) is 11.4. The van der Waals surface area contributed by atoms with Crippen molar-refractivity contribution in [3.63, 3.8) is 0 Å². The Kier molecular flexibility index (Phi) is 4.18. The van der Waals surface area contributed by atoms with E-state index in [0.717, 1.165) is 12.2 Å². The van der Waals surface area contributed by atoms with Crippen LogP contribution in [0.2, 0.25) is 5.15 Å². The second kappa shape index (κ2) is 6.08. The van der Waals surface area contributed by atoms with Crippen LogP contribution in [0.25, 0.3) is 0 Å². The van der Waals surface area contributed by atoms with Gasteiger partial charge in [0.25, 0.3) is 5.91 Å². The van der Waals surface area contributed by atoms with E-state index in [0.29, 0.717) is 35.7 Å². The molecule has 21 heavy (non-hydrogen) atoms. The van der Waals surface area contributed by atoms with Gasteiger partial charge in [0.2, 0.25) is 0 Å². The summed E-state index contributed by atoms with van der Waals surface area (Å²) in [7, 11) is 0. The number of halogens is 1. The Morgan fingerprint density at radius 3 is 3.14 bits per heavy atom. The summed E-state index contributed by atoms with van der Waals surface area (Å²) in [6, 6.07) is 0. The van der Waals surface area contributed by atoms with Gasteiger partial charge >= 0.3 is 0 Å². The molecule has 3 rings (SSSR count). The highest BCUT2D eigenvalue weighted by Crippen LogP contribution is 2.22. The number of morpholine rings is 1. The highest BCUT2D eigenvalue weighted by Gasteiger charge is 2.29. The van der Waals surface area contributed by atoms with E-state index in [1.54, 1.807) is 10.3 Å². The van der Waals surface area contributed by atoms with E-state index >= 15 is 0 Å². The number of carbonyl (C=O) groups is 1. The van der Waals surface area contributed by atoms with Gasteiger partial charge in [-0.05, 0) is 0 Å². The van der Waals surface area contributed by atoms with Crippen LogP contribution in [0.5, 0.6) is 0 Å². The maximum atomic E-state index is 12.4. The molecule has 0 spiro atoms. The molecule has 0 aromatic carbocycles. The van der Waals surface area contributed by atoms with Crippen molar-refractivity contribution in [2.75, 3.05) is 19.7 Å². The van der Waals surface area contributed by atoms with Crippen molar-refractivity contribution in [2.45, 2.75) is 19.4 Å². The molecule has 9 heteroatoms. The molecule has 2 aromatic heterocycles. The third kappa shape index (κ3) is 3.07. The molecule has 2 aromatic rings. The topological polar surface area (TPSA) is 84.0 Å². The van der Waals surface area contributed by atoms with Crippen LogP contribution in [0, 0.1) is 0 Å². The summed E-state index contributed by atoms with van der Waals surface area (Å²) < 4.78 is 5.66. The van der Waals surface area contributed by atoms with Crippen molar-refractivity contribution in [1.82, 2.24) is 25.1 Å². The second-order valence-corrected chi connectivity index (χ2v) is 5.83. The molecule has 0 bridgehead atoms. The van der Waals surface area contributed by atoms with E-state index in [1.165, 1.54) is 11.3 Å². The fraction of sp³-hybridized carbons (Fsp3) is 0.500. The molecular formula is C12H14ClN5O2S. The van der Waals surface area contributed by atoms with Gasteiger partial charge in [0.05, 0.1) is 13.2 Å². The van der Waals surface area contributed by atoms with Crippen LogP contribution >= 0.6 is 22.9 Å². The van der Waals surface area contributed by atoms with Crippen molar-refractivity contribution < 1.29 is 9.53 Å². The monoisotopic (exact) mass is 327 g/mol. The third-order valence-electron chi connectivity index (χ3n) is 3.18. The number of rotatable bonds is 3. The molecule has 1 saturated heterocycles. The van der Waals surface area contributed by atoms with Gasteiger partial charge in [-0.2, -0.15) is 5.10 Å². The van der Waals surface area contributed by atoms with Gasteiger partial charge in [0.15, 0.2) is 10.8 Å². The van der Waals surface area contributed by atoms with E-state index in [4.69, 9.17) is 16.3 Å². The van der Waals surface area contributed by atoms with Crippen LogP contribution in [0.3, 0.4) is 0 Å². The maximum absolute atomic E-state index is 12.4.